The van der Waals surface area contributed by atoms with Crippen molar-refractivity contribution in [1.29, 1.82) is 0 Å². The van der Waals surface area contributed by atoms with Crippen LogP contribution in [-0.4, -0.2) is 46.8 Å². The molecule has 7 nitrogen and oxygen atoms in total. The molecule has 1 unspecified atom stereocenters. The molecule has 0 amide bonds. The maximum absolute atomic E-state index is 12.8. The summed E-state index contributed by atoms with van der Waals surface area (Å²) in [7, 11) is 0. The highest BCUT2D eigenvalue weighted by Crippen LogP contribution is 2.32. The lowest BCUT2D eigenvalue weighted by atomic mass is 10.1. The molecule has 10 heteroatoms. The van der Waals surface area contributed by atoms with E-state index < -0.39 is 29.9 Å². The molecule has 3 aromatic rings. The Kier molecular flexibility index (Phi) is 7.13. The van der Waals surface area contributed by atoms with Crippen LogP contribution in [0.15, 0.2) is 52.9 Å². The molecule has 0 spiro atoms. The molecule has 1 aliphatic heterocycles. The molecule has 1 saturated heterocycles. The van der Waals surface area contributed by atoms with Gasteiger partial charge in [-0.05, 0) is 55.8 Å². The number of oxazole rings is 1. The molecule has 2 heterocycles. The number of ether oxygens (including phenoxy) is 2. The van der Waals surface area contributed by atoms with E-state index in [0.717, 1.165) is 17.7 Å². The molecule has 0 bridgehead atoms. The van der Waals surface area contributed by atoms with Crippen molar-refractivity contribution in [3.05, 3.63) is 71.1 Å². The van der Waals surface area contributed by atoms with Crippen molar-refractivity contribution >= 4 is 5.97 Å². The predicted molar refractivity (Wildman–Crippen MR) is 120 cm³/mol. The Bertz CT molecular complexity index is 1160. The smallest absolute Gasteiger partial charge is 0.416 e. The Balaban J connectivity index is 1.41. The van der Waals surface area contributed by atoms with E-state index in [0.29, 0.717) is 42.5 Å². The van der Waals surface area contributed by atoms with Crippen molar-refractivity contribution in [3.63, 3.8) is 0 Å². The Morgan fingerprint density at radius 1 is 1.20 bits per heavy atom. The normalized spacial score (nSPS) is 17.8. The summed E-state index contributed by atoms with van der Waals surface area (Å²) < 4.78 is 55.4. The van der Waals surface area contributed by atoms with Gasteiger partial charge in [0.1, 0.15) is 29.3 Å². The first kappa shape index (κ1) is 24.7. The van der Waals surface area contributed by atoms with E-state index >= 15 is 0 Å². The van der Waals surface area contributed by atoms with Gasteiger partial charge in [0, 0.05) is 18.7 Å². The Labute approximate surface area is 200 Å². The summed E-state index contributed by atoms with van der Waals surface area (Å²) in [6, 6.07) is 11.3. The van der Waals surface area contributed by atoms with Crippen LogP contribution >= 0.6 is 0 Å². The van der Waals surface area contributed by atoms with Gasteiger partial charge in [-0.15, -0.1) is 0 Å². The largest absolute Gasteiger partial charge is 0.484 e. The first-order valence-electron chi connectivity index (χ1n) is 11.1. The minimum atomic E-state index is -4.41. The van der Waals surface area contributed by atoms with Gasteiger partial charge in [-0.1, -0.05) is 12.1 Å². The summed E-state index contributed by atoms with van der Waals surface area (Å²) in [4.78, 5) is 17.7. The summed E-state index contributed by atoms with van der Waals surface area (Å²) in [6.07, 6.45) is -4.88. The number of halogens is 3. The van der Waals surface area contributed by atoms with Crippen LogP contribution in [0.1, 0.15) is 35.6 Å². The molecule has 2 aromatic carbocycles. The van der Waals surface area contributed by atoms with Crippen LogP contribution in [0.4, 0.5) is 13.2 Å². The van der Waals surface area contributed by atoms with E-state index in [2.05, 4.69) is 4.98 Å². The Morgan fingerprint density at radius 2 is 1.89 bits per heavy atom. The number of carbonyl (C=O) groups is 1. The van der Waals surface area contributed by atoms with Gasteiger partial charge in [-0.25, -0.2) is 4.98 Å². The van der Waals surface area contributed by atoms with E-state index in [1.165, 1.54) is 12.1 Å². The number of aryl methyl sites for hydroxylation is 1. The quantitative estimate of drug-likeness (QED) is 0.494. The second kappa shape index (κ2) is 10.1. The number of hydrogen-bond acceptors (Lipinski definition) is 6. The highest BCUT2D eigenvalue weighted by molar-refractivity contribution is 5.73. The molecule has 1 aromatic heterocycles. The van der Waals surface area contributed by atoms with Crippen LogP contribution in [0.5, 0.6) is 5.75 Å². The molecule has 186 valence electrons. The molecule has 0 aliphatic carbocycles. The summed E-state index contributed by atoms with van der Waals surface area (Å²) in [5.74, 6) is 0.417. The maximum atomic E-state index is 12.8. The second-order valence-corrected chi connectivity index (χ2v) is 8.34. The van der Waals surface area contributed by atoms with Gasteiger partial charge < -0.3 is 19.0 Å². The number of carboxylic acids is 1. The maximum Gasteiger partial charge on any atom is 0.416 e. The van der Waals surface area contributed by atoms with Gasteiger partial charge >= 0.3 is 12.1 Å². The summed E-state index contributed by atoms with van der Waals surface area (Å²) in [5, 5.41) is 9.38. The van der Waals surface area contributed by atoms with Crippen molar-refractivity contribution in [2.45, 2.75) is 38.7 Å². The third-order valence-corrected chi connectivity index (χ3v) is 5.82. The molecule has 2 atom stereocenters. The molecule has 4 rings (SSSR count). The van der Waals surface area contributed by atoms with Crippen LogP contribution in [0.2, 0.25) is 0 Å². The average Bonchev–Trinajstić information content (AvgIpc) is 3.22. The molecule has 0 radical (unpaired) electrons. The Hall–Kier alpha value is -3.37. The zero-order valence-electron chi connectivity index (χ0n) is 19.2. The number of aromatic nitrogens is 1. The molecule has 0 saturated carbocycles. The fraction of sp³-hybridized carbons (Fsp3) is 0.360. The van der Waals surface area contributed by atoms with Gasteiger partial charge in [0.15, 0.2) is 0 Å². The van der Waals surface area contributed by atoms with Crippen LogP contribution in [-0.2, 0) is 22.3 Å². The summed E-state index contributed by atoms with van der Waals surface area (Å²) in [6.45, 7) is 5.21. The molecule has 35 heavy (non-hydrogen) atoms. The number of rotatable bonds is 7. The van der Waals surface area contributed by atoms with Crippen LogP contribution in [0, 0.1) is 6.92 Å². The van der Waals surface area contributed by atoms with Crippen molar-refractivity contribution in [1.82, 2.24) is 9.88 Å². The number of nitrogens with zero attached hydrogens (tertiary/aromatic N) is 2. The molecular formula is C25H25F3N2O5. The average molecular weight is 490 g/mol. The van der Waals surface area contributed by atoms with E-state index in [1.54, 1.807) is 26.0 Å². The number of benzene rings is 2. The standard InChI is InChI=1S/C25H25F3N2O5/c1-15(22-16(2)35-23(29-22)18-5-7-19(8-6-18)25(26,27)28)34-20-9-3-17(4-10-20)13-30-11-12-33-14-21(30)24(31)32/h3-10,15,21H,11-14H2,1-2H3,(H,31,32)/t15?,21-/m0/s1. The van der Waals surface area contributed by atoms with Gasteiger partial charge in [-0.3, -0.25) is 9.69 Å². The highest BCUT2D eigenvalue weighted by Gasteiger charge is 2.31. The molecular weight excluding hydrogens is 465 g/mol. The van der Waals surface area contributed by atoms with E-state index in [9.17, 15) is 23.1 Å². The zero-order chi connectivity index (χ0) is 25.2. The number of aliphatic carboxylic acids is 1. The minimum absolute atomic E-state index is 0.166. The topological polar surface area (TPSA) is 85.0 Å². The monoisotopic (exact) mass is 490 g/mol. The first-order chi connectivity index (χ1) is 16.6. The van der Waals surface area contributed by atoms with Gasteiger partial charge in [-0.2, -0.15) is 13.2 Å². The molecule has 1 N–H and O–H groups in total. The lowest BCUT2D eigenvalue weighted by Crippen LogP contribution is -2.49. The molecule has 1 fully saturated rings. The fourth-order valence-electron chi connectivity index (χ4n) is 3.93. The predicted octanol–water partition coefficient (Wildman–Crippen LogP) is 5.09. The van der Waals surface area contributed by atoms with Crippen molar-refractivity contribution in [3.8, 4) is 17.2 Å². The second-order valence-electron chi connectivity index (χ2n) is 8.34. The lowest BCUT2D eigenvalue weighted by molar-refractivity contribution is -0.150. The summed E-state index contributed by atoms with van der Waals surface area (Å²) >= 11 is 0. The first-order valence-corrected chi connectivity index (χ1v) is 11.1. The lowest BCUT2D eigenvalue weighted by Gasteiger charge is -2.32. The van der Waals surface area contributed by atoms with Crippen molar-refractivity contribution < 1.29 is 37.0 Å². The minimum Gasteiger partial charge on any atom is -0.484 e. The van der Waals surface area contributed by atoms with Crippen LogP contribution in [0.3, 0.4) is 0 Å². The van der Waals surface area contributed by atoms with Crippen LogP contribution in [0.25, 0.3) is 11.5 Å². The number of hydrogen-bond donors (Lipinski definition) is 1. The summed E-state index contributed by atoms with van der Waals surface area (Å²) in [5.41, 5.74) is 1.19. The van der Waals surface area contributed by atoms with Gasteiger partial charge in [0.05, 0.1) is 18.8 Å². The van der Waals surface area contributed by atoms with E-state index in [1.807, 2.05) is 17.0 Å². The number of alkyl halides is 3. The third-order valence-electron chi connectivity index (χ3n) is 5.82. The van der Waals surface area contributed by atoms with Gasteiger partial charge in [0.2, 0.25) is 5.89 Å². The van der Waals surface area contributed by atoms with E-state index in [-0.39, 0.29) is 12.5 Å². The van der Waals surface area contributed by atoms with Crippen LogP contribution < -0.4 is 4.74 Å². The third kappa shape index (κ3) is 5.83. The number of carboxylic acid groups (broad SMARTS) is 1. The van der Waals surface area contributed by atoms with E-state index in [4.69, 9.17) is 13.9 Å². The van der Waals surface area contributed by atoms with Gasteiger partial charge in [0.25, 0.3) is 0 Å². The van der Waals surface area contributed by atoms with Crippen molar-refractivity contribution in [2.75, 3.05) is 19.8 Å². The zero-order valence-corrected chi connectivity index (χ0v) is 19.2. The molecule has 1 aliphatic rings. The fourth-order valence-corrected chi connectivity index (χ4v) is 3.93. The highest BCUT2D eigenvalue weighted by atomic mass is 19.4. The number of morpholine rings is 1. The SMILES string of the molecule is Cc1oc(-c2ccc(C(F)(F)F)cc2)nc1C(C)Oc1ccc(CN2CCOC[C@H]2C(=O)O)cc1. The Morgan fingerprint density at radius 3 is 2.51 bits per heavy atom. The van der Waals surface area contributed by atoms with Crippen molar-refractivity contribution in [2.24, 2.45) is 0 Å².